The Morgan fingerprint density at radius 3 is 2.67 bits per heavy atom. The molecular formula is C22H22F3N2O2P. The predicted octanol–water partition coefficient (Wildman–Crippen LogP) is 5.22. The second kappa shape index (κ2) is 7.71. The number of hydrogen-bond acceptors (Lipinski definition) is 4. The summed E-state index contributed by atoms with van der Waals surface area (Å²) in [5.41, 5.74) is -0.397. The Morgan fingerprint density at radius 2 is 1.97 bits per heavy atom. The van der Waals surface area contributed by atoms with Crippen molar-refractivity contribution >= 4 is 20.8 Å². The molecule has 2 aromatic rings. The van der Waals surface area contributed by atoms with E-state index in [0.29, 0.717) is 28.4 Å². The fourth-order valence-electron chi connectivity index (χ4n) is 4.06. The van der Waals surface area contributed by atoms with Crippen LogP contribution >= 0.6 is 9.24 Å². The van der Waals surface area contributed by atoms with Crippen molar-refractivity contribution in [2.75, 3.05) is 25.2 Å². The molecular weight excluding hydrogens is 412 g/mol. The van der Waals surface area contributed by atoms with Crippen LogP contribution in [0.3, 0.4) is 0 Å². The van der Waals surface area contributed by atoms with Crippen LogP contribution in [0, 0.1) is 12.7 Å². The van der Waals surface area contributed by atoms with Crippen LogP contribution in [-0.4, -0.2) is 31.8 Å². The van der Waals surface area contributed by atoms with Crippen molar-refractivity contribution in [3.05, 3.63) is 70.2 Å². The van der Waals surface area contributed by atoms with Crippen molar-refractivity contribution in [2.45, 2.75) is 25.6 Å². The molecule has 0 saturated carbocycles. The van der Waals surface area contributed by atoms with E-state index in [9.17, 15) is 13.2 Å². The van der Waals surface area contributed by atoms with Crippen LogP contribution in [0.1, 0.15) is 29.7 Å². The lowest BCUT2D eigenvalue weighted by Crippen LogP contribution is -2.41. The van der Waals surface area contributed by atoms with Crippen LogP contribution in [-0.2, 0) is 4.74 Å². The van der Waals surface area contributed by atoms with E-state index in [1.807, 2.05) is 25.1 Å². The number of benzene rings is 2. The van der Waals surface area contributed by atoms with E-state index < -0.39 is 17.6 Å². The van der Waals surface area contributed by atoms with Crippen molar-refractivity contribution in [1.82, 2.24) is 0 Å². The van der Waals surface area contributed by atoms with Crippen molar-refractivity contribution in [3.8, 4) is 5.75 Å². The highest BCUT2D eigenvalue weighted by Gasteiger charge is 2.42. The van der Waals surface area contributed by atoms with Gasteiger partial charge in [-0.25, -0.2) is 4.39 Å². The zero-order chi connectivity index (χ0) is 21.6. The van der Waals surface area contributed by atoms with E-state index in [1.54, 1.807) is 23.3 Å². The maximum absolute atomic E-state index is 14.6. The van der Waals surface area contributed by atoms with E-state index in [0.717, 1.165) is 11.1 Å². The molecule has 30 heavy (non-hydrogen) atoms. The van der Waals surface area contributed by atoms with E-state index in [1.165, 1.54) is 23.1 Å². The van der Waals surface area contributed by atoms with Crippen LogP contribution in [0.4, 0.5) is 18.9 Å². The smallest absolute Gasteiger partial charge is 0.298 e. The van der Waals surface area contributed by atoms with Crippen molar-refractivity contribution in [1.29, 1.82) is 0 Å². The van der Waals surface area contributed by atoms with Crippen molar-refractivity contribution < 1.29 is 22.6 Å². The fraction of sp³-hybridized carbons (Fsp3) is 0.318. The van der Waals surface area contributed by atoms with Gasteiger partial charge in [-0.15, -0.1) is 0 Å². The highest BCUT2D eigenvalue weighted by Crippen LogP contribution is 2.46. The van der Waals surface area contributed by atoms with E-state index in [2.05, 4.69) is 4.99 Å². The average Bonchev–Trinajstić information content (AvgIpc) is 2.84. The highest BCUT2D eigenvalue weighted by atomic mass is 31.0. The Morgan fingerprint density at radius 1 is 1.20 bits per heavy atom. The number of anilines is 1. The zero-order valence-corrected chi connectivity index (χ0v) is 18.0. The number of methoxy groups -OCH3 is 1. The van der Waals surface area contributed by atoms with Gasteiger partial charge in [-0.2, -0.15) is 8.78 Å². The first-order valence-corrected chi connectivity index (χ1v) is 10.0. The minimum atomic E-state index is -3.18. The number of alkyl halides is 2. The number of fused-ring (bicyclic) bond motifs is 3. The van der Waals surface area contributed by atoms with Gasteiger partial charge in [0.2, 0.25) is 0 Å². The topological polar surface area (TPSA) is 34.1 Å². The minimum absolute atomic E-state index is 0.00907. The number of allylic oxidation sites excluding steroid dienone is 1. The Hall–Kier alpha value is -2.37. The van der Waals surface area contributed by atoms with Gasteiger partial charge in [0.15, 0.2) is 0 Å². The largest absolute Gasteiger partial charge is 0.496 e. The lowest BCUT2D eigenvalue weighted by molar-refractivity contribution is 0.113. The lowest BCUT2D eigenvalue weighted by atomic mass is 9.95. The van der Waals surface area contributed by atoms with Crippen molar-refractivity contribution in [3.63, 3.8) is 0 Å². The molecule has 158 valence electrons. The third kappa shape index (κ3) is 3.50. The molecule has 0 amide bonds. The van der Waals surface area contributed by atoms with Gasteiger partial charge in [-0.1, -0.05) is 21.4 Å². The van der Waals surface area contributed by atoms with Crippen LogP contribution < -0.4 is 9.64 Å². The minimum Gasteiger partial charge on any atom is -0.496 e. The number of ether oxygens (including phenoxy) is 2. The molecule has 1 unspecified atom stereocenters. The maximum atomic E-state index is 14.6. The Labute approximate surface area is 175 Å². The van der Waals surface area contributed by atoms with Gasteiger partial charge in [0.25, 0.3) is 5.66 Å². The molecule has 2 atom stereocenters. The number of nitrogens with zero attached hydrogens (tertiary/aromatic N) is 2. The van der Waals surface area contributed by atoms with Gasteiger partial charge < -0.3 is 9.47 Å². The molecule has 0 aliphatic carbocycles. The van der Waals surface area contributed by atoms with Gasteiger partial charge in [0.1, 0.15) is 30.1 Å². The molecule has 0 spiro atoms. The van der Waals surface area contributed by atoms with Crippen molar-refractivity contribution in [2.24, 2.45) is 4.99 Å². The number of rotatable bonds is 3. The maximum Gasteiger partial charge on any atom is 0.298 e. The lowest BCUT2D eigenvalue weighted by Gasteiger charge is -2.35. The summed E-state index contributed by atoms with van der Waals surface area (Å²) < 4.78 is 55.1. The Kier molecular flexibility index (Phi) is 5.37. The molecule has 4 rings (SSSR count). The van der Waals surface area contributed by atoms with Crippen LogP contribution in [0.15, 0.2) is 52.7 Å². The van der Waals surface area contributed by atoms with E-state index >= 15 is 0 Å². The number of halogens is 3. The first kappa shape index (κ1) is 20.9. The summed E-state index contributed by atoms with van der Waals surface area (Å²) in [7, 11) is 3.17. The molecule has 0 fully saturated rings. The summed E-state index contributed by atoms with van der Waals surface area (Å²) in [6.07, 6.45) is -0.668. The second-order valence-electron chi connectivity index (χ2n) is 7.39. The number of hydrogen-bond donors (Lipinski definition) is 0. The zero-order valence-electron chi connectivity index (χ0n) is 16.9. The summed E-state index contributed by atoms with van der Waals surface area (Å²) in [5, 5.41) is 0. The van der Waals surface area contributed by atoms with Gasteiger partial charge in [0, 0.05) is 5.56 Å². The second-order valence-corrected chi connectivity index (χ2v) is 8.11. The standard InChI is InChI=1S/C22H22F3N2O2P/c1-12-10-26-19-11-29-20(15-5-4-6-18(28-3)13(15)2)16-9-14(23)7-8-17(16)27(19)21(12)22(24,25)30/h4-9,20H,10-11,30H2,1-3H3/t20-/m1/s1. The van der Waals surface area contributed by atoms with Gasteiger partial charge in [-0.05, 0) is 54.8 Å². The fourth-order valence-corrected chi connectivity index (χ4v) is 4.43. The summed E-state index contributed by atoms with van der Waals surface area (Å²) in [6, 6.07) is 9.63. The third-order valence-corrected chi connectivity index (χ3v) is 5.69. The summed E-state index contributed by atoms with van der Waals surface area (Å²) in [6.45, 7) is 3.69. The average molecular weight is 434 g/mol. The van der Waals surface area contributed by atoms with Gasteiger partial charge >= 0.3 is 0 Å². The molecule has 0 radical (unpaired) electrons. The number of aliphatic imine (C=N–C) groups is 1. The molecule has 8 heteroatoms. The molecule has 2 heterocycles. The normalized spacial score (nSPS) is 19.1. The number of amidine groups is 1. The third-order valence-electron chi connectivity index (χ3n) is 5.42. The summed E-state index contributed by atoms with van der Waals surface area (Å²) in [4.78, 5) is 5.87. The molecule has 0 saturated heterocycles. The first-order chi connectivity index (χ1) is 14.2. The molecule has 2 aromatic carbocycles. The van der Waals surface area contributed by atoms with Crippen LogP contribution in [0.25, 0.3) is 0 Å². The molecule has 2 aliphatic heterocycles. The van der Waals surface area contributed by atoms with E-state index in [-0.39, 0.29) is 18.8 Å². The highest BCUT2D eigenvalue weighted by molar-refractivity contribution is 7.18. The summed E-state index contributed by atoms with van der Waals surface area (Å²) >= 11 is 0. The SMILES string of the molecule is COc1cccc([C@H]2OCC3=NCC(C)=C(C(F)(F)P)N3c3ccc(F)cc32)c1C. The van der Waals surface area contributed by atoms with E-state index in [4.69, 9.17) is 9.47 Å². The predicted molar refractivity (Wildman–Crippen MR) is 114 cm³/mol. The molecule has 2 aliphatic rings. The van der Waals surface area contributed by atoms with Crippen LogP contribution in [0.2, 0.25) is 0 Å². The first-order valence-electron chi connectivity index (χ1n) is 9.47. The Balaban J connectivity index is 1.95. The Bertz CT molecular complexity index is 1060. The van der Waals surface area contributed by atoms with Gasteiger partial charge in [-0.3, -0.25) is 9.89 Å². The molecule has 0 N–H and O–H groups in total. The quantitative estimate of drug-likeness (QED) is 0.621. The molecule has 0 aromatic heterocycles. The molecule has 0 bridgehead atoms. The van der Waals surface area contributed by atoms with Crippen LogP contribution in [0.5, 0.6) is 5.75 Å². The van der Waals surface area contributed by atoms with Gasteiger partial charge in [0.05, 0.1) is 25.0 Å². The molecule has 4 nitrogen and oxygen atoms in total. The summed E-state index contributed by atoms with van der Waals surface area (Å²) in [5.74, 6) is 0.565. The monoisotopic (exact) mass is 434 g/mol.